The number of Topliss-reactive ketones (excluding diaryl/α,β-unsaturated/α-hetero) is 1. The van der Waals surface area contributed by atoms with E-state index in [4.69, 9.17) is 0 Å². The zero-order valence-corrected chi connectivity index (χ0v) is 14.9. The second-order valence-electron chi connectivity index (χ2n) is 6.47. The van der Waals surface area contributed by atoms with Crippen LogP contribution in [0.3, 0.4) is 0 Å². The van der Waals surface area contributed by atoms with Crippen molar-refractivity contribution in [2.75, 3.05) is 0 Å². The first-order valence-electron chi connectivity index (χ1n) is 8.50. The Morgan fingerprint density at radius 3 is 1.72 bits per heavy atom. The highest BCUT2D eigenvalue weighted by molar-refractivity contribution is 5.98. The van der Waals surface area contributed by atoms with Crippen LogP contribution in [0.2, 0.25) is 0 Å². The highest BCUT2D eigenvalue weighted by atomic mass is 16.1. The minimum atomic E-state index is 0.118. The fraction of sp³-hybridized carbons (Fsp3) is 0.125. The Morgan fingerprint density at radius 1 is 0.600 bits per heavy atom. The fourth-order valence-corrected chi connectivity index (χ4v) is 2.89. The second-order valence-corrected chi connectivity index (χ2v) is 6.47. The monoisotopic (exact) mass is 326 g/mol. The van der Waals surface area contributed by atoms with Gasteiger partial charge in [-0.2, -0.15) is 0 Å². The zero-order chi connectivity index (χ0) is 17.8. The van der Waals surface area contributed by atoms with Crippen LogP contribution in [0.5, 0.6) is 0 Å². The summed E-state index contributed by atoms with van der Waals surface area (Å²) < 4.78 is 0. The number of fused-ring (bicyclic) bond motifs is 2. The number of carbonyl (C=O) groups is 1. The maximum absolute atomic E-state index is 11.2. The average molecular weight is 326 g/mol. The van der Waals surface area contributed by atoms with Gasteiger partial charge in [-0.3, -0.25) is 4.79 Å². The number of carbonyl (C=O) groups excluding carboxylic acids is 1. The SMILES string of the molecule is CC(=O)c1ccc2cc(C)ccc2c1.Cc1ccc2ccccc2c1. The van der Waals surface area contributed by atoms with E-state index in [0.29, 0.717) is 0 Å². The van der Waals surface area contributed by atoms with Gasteiger partial charge in [0, 0.05) is 5.56 Å². The summed E-state index contributed by atoms with van der Waals surface area (Å²) in [5.74, 6) is 0.118. The minimum Gasteiger partial charge on any atom is -0.295 e. The molecule has 1 nitrogen and oxygen atoms in total. The molecule has 0 saturated heterocycles. The van der Waals surface area contributed by atoms with Crippen LogP contribution in [-0.4, -0.2) is 5.78 Å². The maximum Gasteiger partial charge on any atom is 0.159 e. The molecule has 0 bridgehead atoms. The van der Waals surface area contributed by atoms with Gasteiger partial charge in [-0.15, -0.1) is 0 Å². The van der Waals surface area contributed by atoms with E-state index in [2.05, 4.69) is 74.5 Å². The Balaban J connectivity index is 0.000000150. The molecule has 0 aliphatic heterocycles. The van der Waals surface area contributed by atoms with E-state index in [1.807, 2.05) is 18.2 Å². The Kier molecular flexibility index (Phi) is 4.95. The molecular weight excluding hydrogens is 304 g/mol. The summed E-state index contributed by atoms with van der Waals surface area (Å²) in [5, 5.41) is 4.96. The van der Waals surface area contributed by atoms with Crippen LogP contribution in [0.4, 0.5) is 0 Å². The summed E-state index contributed by atoms with van der Waals surface area (Å²) in [6.07, 6.45) is 0. The predicted octanol–water partition coefficient (Wildman–Crippen LogP) is 6.50. The van der Waals surface area contributed by atoms with Crippen LogP contribution in [-0.2, 0) is 0 Å². The van der Waals surface area contributed by atoms with Crippen molar-refractivity contribution in [3.05, 3.63) is 95.6 Å². The number of ketones is 1. The molecule has 0 aliphatic carbocycles. The molecule has 4 aromatic carbocycles. The van der Waals surface area contributed by atoms with Crippen molar-refractivity contribution < 1.29 is 4.79 Å². The lowest BCUT2D eigenvalue weighted by molar-refractivity contribution is 0.101. The molecule has 124 valence electrons. The van der Waals surface area contributed by atoms with E-state index < -0.39 is 0 Å². The van der Waals surface area contributed by atoms with Crippen LogP contribution >= 0.6 is 0 Å². The Morgan fingerprint density at radius 2 is 1.08 bits per heavy atom. The molecule has 0 fully saturated rings. The largest absolute Gasteiger partial charge is 0.295 e. The number of hydrogen-bond acceptors (Lipinski definition) is 1. The molecule has 0 radical (unpaired) electrons. The Bertz CT molecular complexity index is 1040. The Hall–Kier alpha value is -2.93. The number of hydrogen-bond donors (Lipinski definition) is 0. The lowest BCUT2D eigenvalue weighted by atomic mass is 10.0. The molecule has 0 N–H and O–H groups in total. The summed E-state index contributed by atoms with van der Waals surface area (Å²) in [7, 11) is 0. The molecule has 0 heterocycles. The topological polar surface area (TPSA) is 17.1 Å². The van der Waals surface area contributed by atoms with Crippen LogP contribution in [0.1, 0.15) is 28.4 Å². The van der Waals surface area contributed by atoms with E-state index in [0.717, 1.165) is 10.9 Å². The van der Waals surface area contributed by atoms with E-state index in [-0.39, 0.29) is 5.78 Å². The molecule has 25 heavy (non-hydrogen) atoms. The number of benzene rings is 4. The van der Waals surface area contributed by atoms with Crippen molar-refractivity contribution in [2.45, 2.75) is 20.8 Å². The third kappa shape index (κ3) is 4.13. The third-order valence-corrected chi connectivity index (χ3v) is 4.31. The van der Waals surface area contributed by atoms with Crippen molar-refractivity contribution in [1.82, 2.24) is 0 Å². The summed E-state index contributed by atoms with van der Waals surface area (Å²) >= 11 is 0. The van der Waals surface area contributed by atoms with Gasteiger partial charge in [0.2, 0.25) is 0 Å². The van der Waals surface area contributed by atoms with Crippen LogP contribution < -0.4 is 0 Å². The molecule has 4 aromatic rings. The van der Waals surface area contributed by atoms with Gasteiger partial charge in [0.15, 0.2) is 5.78 Å². The van der Waals surface area contributed by atoms with Gasteiger partial charge in [0.05, 0.1) is 0 Å². The maximum atomic E-state index is 11.2. The highest BCUT2D eigenvalue weighted by Gasteiger charge is 2.00. The van der Waals surface area contributed by atoms with Gasteiger partial charge in [0.25, 0.3) is 0 Å². The molecule has 0 spiro atoms. The van der Waals surface area contributed by atoms with Crippen molar-refractivity contribution in [2.24, 2.45) is 0 Å². The Labute approximate surface area is 148 Å². The molecular formula is C24H22O. The van der Waals surface area contributed by atoms with E-state index in [1.54, 1.807) is 6.92 Å². The minimum absolute atomic E-state index is 0.118. The highest BCUT2D eigenvalue weighted by Crippen LogP contribution is 2.18. The van der Waals surface area contributed by atoms with Crippen LogP contribution in [0.25, 0.3) is 21.5 Å². The zero-order valence-electron chi connectivity index (χ0n) is 14.9. The molecule has 0 amide bonds. The van der Waals surface area contributed by atoms with Crippen molar-refractivity contribution in [1.29, 1.82) is 0 Å². The number of rotatable bonds is 1. The van der Waals surface area contributed by atoms with Gasteiger partial charge < -0.3 is 0 Å². The molecule has 0 atom stereocenters. The lowest BCUT2D eigenvalue weighted by Gasteiger charge is -2.01. The molecule has 0 aromatic heterocycles. The average Bonchev–Trinajstić information content (AvgIpc) is 2.61. The van der Waals surface area contributed by atoms with Crippen molar-refractivity contribution in [3.8, 4) is 0 Å². The van der Waals surface area contributed by atoms with E-state index in [1.165, 1.54) is 27.3 Å². The summed E-state index contributed by atoms with van der Waals surface area (Å²) in [4.78, 5) is 11.2. The van der Waals surface area contributed by atoms with Crippen molar-refractivity contribution in [3.63, 3.8) is 0 Å². The first-order valence-corrected chi connectivity index (χ1v) is 8.50. The summed E-state index contributed by atoms with van der Waals surface area (Å²) in [5.41, 5.74) is 3.35. The van der Waals surface area contributed by atoms with Gasteiger partial charge in [-0.25, -0.2) is 0 Å². The van der Waals surface area contributed by atoms with Crippen LogP contribution in [0.15, 0.2) is 78.9 Å². The smallest absolute Gasteiger partial charge is 0.159 e. The molecule has 4 rings (SSSR count). The number of aryl methyl sites for hydroxylation is 2. The predicted molar refractivity (Wildman–Crippen MR) is 107 cm³/mol. The molecule has 0 aliphatic rings. The first-order chi connectivity index (χ1) is 12.0. The summed E-state index contributed by atoms with van der Waals surface area (Å²) in [6, 6.07) is 27.0. The lowest BCUT2D eigenvalue weighted by Crippen LogP contribution is -1.90. The van der Waals surface area contributed by atoms with Gasteiger partial charge >= 0.3 is 0 Å². The first kappa shape index (κ1) is 16.9. The molecule has 0 unspecified atom stereocenters. The van der Waals surface area contributed by atoms with Crippen molar-refractivity contribution >= 4 is 27.3 Å². The van der Waals surface area contributed by atoms with Gasteiger partial charge in [-0.05, 0) is 48.4 Å². The standard InChI is InChI=1S/C13H12O.C11H10/c1-9-3-4-13-8-11(10(2)14)5-6-12(13)7-9;1-9-6-7-10-4-2-3-5-11(10)8-9/h3-8H,1-2H3;2-8H,1H3. The normalized spacial score (nSPS) is 10.4. The fourth-order valence-electron chi connectivity index (χ4n) is 2.89. The molecule has 1 heteroatoms. The van der Waals surface area contributed by atoms with Gasteiger partial charge in [-0.1, -0.05) is 83.9 Å². The van der Waals surface area contributed by atoms with E-state index >= 15 is 0 Å². The second kappa shape index (κ2) is 7.31. The summed E-state index contributed by atoms with van der Waals surface area (Å²) in [6.45, 7) is 5.78. The van der Waals surface area contributed by atoms with Crippen LogP contribution in [0, 0.1) is 13.8 Å². The van der Waals surface area contributed by atoms with Gasteiger partial charge in [0.1, 0.15) is 0 Å². The quantitative estimate of drug-likeness (QED) is 0.365. The van der Waals surface area contributed by atoms with E-state index in [9.17, 15) is 4.79 Å². The third-order valence-electron chi connectivity index (χ3n) is 4.31. The molecule has 0 saturated carbocycles.